The lowest BCUT2D eigenvalue weighted by Crippen LogP contribution is -2.45. The van der Waals surface area contributed by atoms with Crippen molar-refractivity contribution >= 4 is 21.9 Å². The van der Waals surface area contributed by atoms with Gasteiger partial charge in [-0.15, -0.1) is 0 Å². The van der Waals surface area contributed by atoms with E-state index >= 15 is 0 Å². The van der Waals surface area contributed by atoms with Gasteiger partial charge in [-0.3, -0.25) is 9.59 Å². The number of nitrogens with one attached hydrogen (secondary N) is 1. The number of nitrogens with zero attached hydrogens (tertiary/aromatic N) is 1. The van der Waals surface area contributed by atoms with Gasteiger partial charge in [0.15, 0.2) is 0 Å². The van der Waals surface area contributed by atoms with Crippen molar-refractivity contribution in [3.63, 3.8) is 0 Å². The summed E-state index contributed by atoms with van der Waals surface area (Å²) in [5.41, 5.74) is 1.04. The molecule has 7 nitrogen and oxygen atoms in total. The van der Waals surface area contributed by atoms with Crippen molar-refractivity contribution in [1.29, 1.82) is 0 Å². The molecule has 0 aliphatic carbocycles. The predicted molar refractivity (Wildman–Crippen MR) is 98.1 cm³/mol. The van der Waals surface area contributed by atoms with Gasteiger partial charge >= 0.3 is 5.97 Å². The Morgan fingerprint density at radius 2 is 1.85 bits per heavy atom. The maximum atomic E-state index is 12.6. The van der Waals surface area contributed by atoms with Crippen LogP contribution in [-0.2, 0) is 26.0 Å². The van der Waals surface area contributed by atoms with Crippen molar-refractivity contribution in [3.05, 3.63) is 35.9 Å². The fourth-order valence-corrected chi connectivity index (χ4v) is 4.06. The number of carbonyl (C=O) groups is 2. The van der Waals surface area contributed by atoms with E-state index in [1.165, 1.54) is 10.6 Å². The van der Waals surface area contributed by atoms with Crippen molar-refractivity contribution in [3.8, 4) is 0 Å². The average Bonchev–Trinajstić information content (AvgIpc) is 2.60. The molecule has 1 fully saturated rings. The number of carboxylic acids is 1. The normalized spacial score (nSPS) is 17.6. The molecule has 1 saturated heterocycles. The summed E-state index contributed by atoms with van der Waals surface area (Å²) in [5.74, 6) is -1.25. The fraction of sp³-hybridized carbons (Fsp3) is 0.556. The number of carbonyl (C=O) groups excluding carboxylic acids is 1. The third-order valence-electron chi connectivity index (χ3n) is 4.67. The topological polar surface area (TPSA) is 104 Å². The highest BCUT2D eigenvalue weighted by Crippen LogP contribution is 2.20. The van der Waals surface area contributed by atoms with Crippen LogP contribution in [0.1, 0.15) is 31.2 Å². The molecule has 0 spiro atoms. The summed E-state index contributed by atoms with van der Waals surface area (Å²) in [6.07, 6.45) is 3.06. The molecule has 8 heteroatoms. The van der Waals surface area contributed by atoms with Crippen LogP contribution in [0, 0.1) is 5.92 Å². The van der Waals surface area contributed by atoms with Crippen LogP contribution >= 0.6 is 0 Å². The van der Waals surface area contributed by atoms with Crippen LogP contribution in [0.15, 0.2) is 30.3 Å². The van der Waals surface area contributed by atoms with Crippen LogP contribution in [0.2, 0.25) is 0 Å². The Morgan fingerprint density at radius 3 is 2.38 bits per heavy atom. The Kier molecular flexibility index (Phi) is 7.16. The SMILES string of the molecule is CS(=O)(=O)N1CCC(C(=O)NC(CCC(=O)O)Cc2ccccc2)CC1. The zero-order valence-corrected chi connectivity index (χ0v) is 15.7. The van der Waals surface area contributed by atoms with E-state index < -0.39 is 16.0 Å². The summed E-state index contributed by atoms with van der Waals surface area (Å²) in [7, 11) is -3.22. The predicted octanol–water partition coefficient (Wildman–Crippen LogP) is 1.25. The van der Waals surface area contributed by atoms with Gasteiger partial charge in [0.2, 0.25) is 15.9 Å². The van der Waals surface area contributed by atoms with Gasteiger partial charge in [-0.2, -0.15) is 0 Å². The molecule has 1 aromatic rings. The minimum atomic E-state index is -3.22. The number of aliphatic carboxylic acids is 1. The zero-order chi connectivity index (χ0) is 19.2. The molecule has 1 amide bonds. The smallest absolute Gasteiger partial charge is 0.303 e. The van der Waals surface area contributed by atoms with Crippen LogP contribution in [0.25, 0.3) is 0 Å². The number of amides is 1. The first-order chi connectivity index (χ1) is 12.3. The van der Waals surface area contributed by atoms with Crippen molar-refractivity contribution in [2.75, 3.05) is 19.3 Å². The van der Waals surface area contributed by atoms with Gasteiger partial charge in [-0.05, 0) is 31.2 Å². The molecule has 1 aliphatic heterocycles. The van der Waals surface area contributed by atoms with Crippen LogP contribution < -0.4 is 5.32 Å². The summed E-state index contributed by atoms with van der Waals surface area (Å²) < 4.78 is 24.5. The first-order valence-electron chi connectivity index (χ1n) is 8.77. The molecule has 1 heterocycles. The van der Waals surface area contributed by atoms with Gasteiger partial charge in [-0.1, -0.05) is 30.3 Å². The maximum absolute atomic E-state index is 12.6. The monoisotopic (exact) mass is 382 g/mol. The third-order valence-corrected chi connectivity index (χ3v) is 5.97. The van der Waals surface area contributed by atoms with Crippen molar-refractivity contribution in [2.24, 2.45) is 5.92 Å². The van der Waals surface area contributed by atoms with E-state index in [1.807, 2.05) is 30.3 Å². The van der Waals surface area contributed by atoms with Gasteiger partial charge in [0.1, 0.15) is 0 Å². The number of sulfonamides is 1. The second-order valence-corrected chi connectivity index (χ2v) is 8.75. The average molecular weight is 382 g/mol. The minimum absolute atomic E-state index is 0.00962. The minimum Gasteiger partial charge on any atom is -0.481 e. The van der Waals surface area contributed by atoms with Gasteiger partial charge in [0.05, 0.1) is 6.26 Å². The molecule has 2 rings (SSSR count). The van der Waals surface area contributed by atoms with Crippen LogP contribution in [-0.4, -0.2) is 55.1 Å². The van der Waals surface area contributed by atoms with E-state index in [-0.39, 0.29) is 24.3 Å². The highest BCUT2D eigenvalue weighted by atomic mass is 32.2. The van der Waals surface area contributed by atoms with Crippen molar-refractivity contribution < 1.29 is 23.1 Å². The molecular formula is C18H26N2O5S. The highest BCUT2D eigenvalue weighted by molar-refractivity contribution is 7.88. The standard InChI is InChI=1S/C18H26N2O5S/c1-26(24,25)20-11-9-15(10-12-20)18(23)19-16(7-8-17(21)22)13-14-5-3-2-4-6-14/h2-6,15-16H,7-13H2,1H3,(H,19,23)(H,21,22). The van der Waals surface area contributed by atoms with Gasteiger partial charge in [0, 0.05) is 31.5 Å². The summed E-state index contributed by atoms with van der Waals surface area (Å²) >= 11 is 0. The fourth-order valence-electron chi connectivity index (χ4n) is 3.19. The second kappa shape index (κ2) is 9.14. The van der Waals surface area contributed by atoms with Crippen LogP contribution in [0.4, 0.5) is 0 Å². The van der Waals surface area contributed by atoms with Crippen LogP contribution in [0.5, 0.6) is 0 Å². The lowest BCUT2D eigenvalue weighted by Gasteiger charge is -2.30. The molecule has 144 valence electrons. The van der Waals surface area contributed by atoms with E-state index in [0.717, 1.165) is 5.56 Å². The van der Waals surface area contributed by atoms with E-state index in [4.69, 9.17) is 5.11 Å². The quantitative estimate of drug-likeness (QED) is 0.704. The molecular weight excluding hydrogens is 356 g/mol. The lowest BCUT2D eigenvalue weighted by molar-refractivity contribution is -0.137. The highest BCUT2D eigenvalue weighted by Gasteiger charge is 2.29. The molecule has 26 heavy (non-hydrogen) atoms. The van der Waals surface area contributed by atoms with Crippen molar-refractivity contribution in [1.82, 2.24) is 9.62 Å². The number of rotatable bonds is 8. The molecule has 1 unspecified atom stereocenters. The largest absolute Gasteiger partial charge is 0.481 e. The molecule has 1 aliphatic rings. The molecule has 1 atom stereocenters. The van der Waals surface area contributed by atoms with Crippen molar-refractivity contribution in [2.45, 2.75) is 38.1 Å². The first kappa shape index (κ1) is 20.4. The molecule has 2 N–H and O–H groups in total. The summed E-state index contributed by atoms with van der Waals surface area (Å²) in [5, 5.41) is 11.9. The van der Waals surface area contributed by atoms with Crippen LogP contribution in [0.3, 0.4) is 0 Å². The Morgan fingerprint density at radius 1 is 1.23 bits per heavy atom. The van der Waals surface area contributed by atoms with E-state index in [2.05, 4.69) is 5.32 Å². The Bertz CT molecular complexity index is 712. The number of hydrogen-bond donors (Lipinski definition) is 2. The van der Waals surface area contributed by atoms with E-state index in [9.17, 15) is 18.0 Å². The zero-order valence-electron chi connectivity index (χ0n) is 14.9. The lowest BCUT2D eigenvalue weighted by atomic mass is 9.95. The van der Waals surface area contributed by atoms with Gasteiger partial charge in [0.25, 0.3) is 0 Å². The molecule has 0 aromatic heterocycles. The number of carboxylic acid groups (broad SMARTS) is 1. The van der Waals surface area contributed by atoms with E-state index in [0.29, 0.717) is 38.8 Å². The number of benzene rings is 1. The maximum Gasteiger partial charge on any atom is 0.303 e. The number of piperidine rings is 1. The Balaban J connectivity index is 1.94. The molecule has 0 saturated carbocycles. The van der Waals surface area contributed by atoms with E-state index in [1.54, 1.807) is 0 Å². The van der Waals surface area contributed by atoms with Gasteiger partial charge in [-0.25, -0.2) is 12.7 Å². The summed E-state index contributed by atoms with van der Waals surface area (Å²) in [6, 6.07) is 9.37. The molecule has 0 bridgehead atoms. The third kappa shape index (κ3) is 6.42. The summed E-state index contributed by atoms with van der Waals surface area (Å²) in [4.78, 5) is 23.5. The molecule has 0 radical (unpaired) electrons. The summed E-state index contributed by atoms with van der Waals surface area (Å²) in [6.45, 7) is 0.685. The Hall–Kier alpha value is -1.93. The number of hydrogen-bond acceptors (Lipinski definition) is 4. The Labute approximate surface area is 154 Å². The second-order valence-electron chi connectivity index (χ2n) is 6.76. The van der Waals surface area contributed by atoms with Gasteiger partial charge < -0.3 is 10.4 Å². The molecule has 1 aromatic carbocycles. The first-order valence-corrected chi connectivity index (χ1v) is 10.6.